The Balaban J connectivity index is 1.51. The van der Waals surface area contributed by atoms with E-state index in [9.17, 15) is 4.39 Å². The van der Waals surface area contributed by atoms with E-state index in [1.165, 1.54) is 10.9 Å². The van der Waals surface area contributed by atoms with E-state index in [0.29, 0.717) is 10.6 Å². The Hall–Kier alpha value is -1.59. The van der Waals surface area contributed by atoms with Crippen LogP contribution in [0.4, 0.5) is 4.39 Å². The monoisotopic (exact) mass is 351 g/mol. The highest BCUT2D eigenvalue weighted by Crippen LogP contribution is 2.44. The van der Waals surface area contributed by atoms with Gasteiger partial charge < -0.3 is 10.6 Å². The average Bonchev–Trinajstić information content (AvgIpc) is 3.07. The molecular formula is C17H19ClFN3S. The van der Waals surface area contributed by atoms with E-state index in [1.54, 1.807) is 30.5 Å². The van der Waals surface area contributed by atoms with Crippen LogP contribution in [0.3, 0.4) is 0 Å². The van der Waals surface area contributed by atoms with Crippen LogP contribution in [-0.2, 0) is 6.42 Å². The zero-order valence-electron chi connectivity index (χ0n) is 12.9. The maximum atomic E-state index is 13.9. The number of thiophene rings is 1. The van der Waals surface area contributed by atoms with Crippen LogP contribution in [0.25, 0.3) is 0 Å². The van der Waals surface area contributed by atoms with Crippen molar-refractivity contribution in [2.24, 2.45) is 4.99 Å². The molecule has 2 aromatic rings. The van der Waals surface area contributed by atoms with Crippen molar-refractivity contribution in [2.75, 3.05) is 13.6 Å². The number of halogens is 2. The summed E-state index contributed by atoms with van der Waals surface area (Å²) in [5, 5.41) is 9.22. The summed E-state index contributed by atoms with van der Waals surface area (Å²) in [6, 6.07) is 9.20. The van der Waals surface area contributed by atoms with Crippen molar-refractivity contribution in [3.8, 4) is 0 Å². The van der Waals surface area contributed by atoms with Crippen LogP contribution in [0.2, 0.25) is 5.02 Å². The normalized spacial score (nSPS) is 20.4. The molecule has 0 saturated heterocycles. The zero-order valence-corrected chi connectivity index (χ0v) is 14.4. The summed E-state index contributed by atoms with van der Waals surface area (Å²) in [7, 11) is 1.74. The molecule has 1 aromatic carbocycles. The minimum atomic E-state index is -0.229. The molecule has 1 fully saturated rings. The van der Waals surface area contributed by atoms with Crippen molar-refractivity contribution < 1.29 is 4.39 Å². The summed E-state index contributed by atoms with van der Waals surface area (Å²) in [5.74, 6) is 0.633. The quantitative estimate of drug-likeness (QED) is 0.635. The first-order chi connectivity index (χ1) is 11.2. The molecule has 0 bridgehead atoms. The van der Waals surface area contributed by atoms with Crippen LogP contribution in [0.1, 0.15) is 22.8 Å². The van der Waals surface area contributed by atoms with E-state index in [-0.39, 0.29) is 17.8 Å². The Morgan fingerprint density at radius 3 is 2.96 bits per heavy atom. The molecule has 122 valence electrons. The van der Waals surface area contributed by atoms with Gasteiger partial charge in [-0.2, -0.15) is 0 Å². The van der Waals surface area contributed by atoms with E-state index in [2.05, 4.69) is 33.1 Å². The molecule has 0 radical (unpaired) electrons. The van der Waals surface area contributed by atoms with Crippen LogP contribution >= 0.6 is 22.9 Å². The molecule has 2 N–H and O–H groups in total. The first-order valence-electron chi connectivity index (χ1n) is 7.62. The number of benzene rings is 1. The van der Waals surface area contributed by atoms with Gasteiger partial charge in [0.2, 0.25) is 0 Å². The molecule has 23 heavy (non-hydrogen) atoms. The van der Waals surface area contributed by atoms with Crippen molar-refractivity contribution in [1.82, 2.24) is 10.6 Å². The number of nitrogens with one attached hydrogen (secondary N) is 2. The van der Waals surface area contributed by atoms with Crippen LogP contribution in [-0.4, -0.2) is 25.6 Å². The van der Waals surface area contributed by atoms with Crippen molar-refractivity contribution in [2.45, 2.75) is 24.8 Å². The van der Waals surface area contributed by atoms with Crippen molar-refractivity contribution in [1.29, 1.82) is 0 Å². The fraction of sp³-hybridized carbons (Fsp3) is 0.353. The third kappa shape index (κ3) is 4.03. The van der Waals surface area contributed by atoms with E-state index < -0.39 is 0 Å². The zero-order chi connectivity index (χ0) is 16.2. The Bertz CT molecular complexity index is 667. The molecule has 6 heteroatoms. The van der Waals surface area contributed by atoms with Crippen LogP contribution < -0.4 is 10.6 Å². The van der Waals surface area contributed by atoms with Gasteiger partial charge in [0.1, 0.15) is 5.82 Å². The predicted molar refractivity (Wildman–Crippen MR) is 95.1 cm³/mol. The lowest BCUT2D eigenvalue weighted by molar-refractivity contribution is 0.608. The van der Waals surface area contributed by atoms with Gasteiger partial charge in [-0.3, -0.25) is 4.99 Å². The second-order valence-corrected chi connectivity index (χ2v) is 7.00. The van der Waals surface area contributed by atoms with Crippen LogP contribution in [0, 0.1) is 5.82 Å². The second-order valence-electron chi connectivity index (χ2n) is 5.56. The Morgan fingerprint density at radius 1 is 1.39 bits per heavy atom. The van der Waals surface area contributed by atoms with E-state index in [0.717, 1.165) is 25.3 Å². The van der Waals surface area contributed by atoms with Gasteiger partial charge in [-0.05, 0) is 36.4 Å². The van der Waals surface area contributed by atoms with Crippen molar-refractivity contribution in [3.05, 3.63) is 57.0 Å². The van der Waals surface area contributed by atoms with Crippen molar-refractivity contribution in [3.63, 3.8) is 0 Å². The van der Waals surface area contributed by atoms with E-state index in [4.69, 9.17) is 11.6 Å². The lowest BCUT2D eigenvalue weighted by Crippen LogP contribution is -2.39. The molecule has 3 rings (SSSR count). The summed E-state index contributed by atoms with van der Waals surface area (Å²) < 4.78 is 13.9. The number of hydrogen-bond donors (Lipinski definition) is 2. The predicted octanol–water partition coefficient (Wildman–Crippen LogP) is 3.80. The average molecular weight is 352 g/mol. The van der Waals surface area contributed by atoms with E-state index >= 15 is 0 Å². The smallest absolute Gasteiger partial charge is 0.191 e. The molecule has 1 saturated carbocycles. The number of nitrogens with zero attached hydrogens (tertiary/aromatic N) is 1. The van der Waals surface area contributed by atoms with Gasteiger partial charge in [-0.15, -0.1) is 11.3 Å². The highest BCUT2D eigenvalue weighted by atomic mass is 35.5. The lowest BCUT2D eigenvalue weighted by atomic mass is 10.1. The standard InChI is InChI=1S/C17H19ClFN3S/c1-20-17(21-8-7-11-4-3-9-23-11)22-15-10-12(15)16-13(18)5-2-6-14(16)19/h2-6,9,12,15H,7-8,10H2,1H3,(H2,20,21,22). The molecular weight excluding hydrogens is 333 g/mol. The third-order valence-corrected chi connectivity index (χ3v) is 5.22. The number of aliphatic imine (C=N–C) groups is 1. The Labute approximate surface area is 144 Å². The first-order valence-corrected chi connectivity index (χ1v) is 8.88. The maximum absolute atomic E-state index is 13.9. The Morgan fingerprint density at radius 2 is 2.26 bits per heavy atom. The number of rotatable bonds is 5. The molecule has 3 nitrogen and oxygen atoms in total. The van der Waals surface area contributed by atoms with Gasteiger partial charge in [0.15, 0.2) is 5.96 Å². The summed E-state index contributed by atoms with van der Waals surface area (Å²) in [6.45, 7) is 0.817. The van der Waals surface area contributed by atoms with E-state index in [1.807, 2.05) is 0 Å². The van der Waals surface area contributed by atoms with Crippen LogP contribution in [0.5, 0.6) is 0 Å². The molecule has 0 spiro atoms. The highest BCUT2D eigenvalue weighted by molar-refractivity contribution is 7.09. The molecule has 2 atom stereocenters. The fourth-order valence-corrected chi connectivity index (χ4v) is 3.68. The van der Waals surface area contributed by atoms with Gasteiger partial charge in [0, 0.05) is 41.0 Å². The molecule has 2 unspecified atom stereocenters. The summed E-state index contributed by atoms with van der Waals surface area (Å²) in [4.78, 5) is 5.57. The van der Waals surface area contributed by atoms with Gasteiger partial charge in [0.25, 0.3) is 0 Å². The third-order valence-electron chi connectivity index (χ3n) is 3.95. The fourth-order valence-electron chi connectivity index (χ4n) is 2.67. The summed E-state index contributed by atoms with van der Waals surface area (Å²) >= 11 is 7.88. The first kappa shape index (κ1) is 16.3. The molecule has 0 aliphatic heterocycles. The number of hydrogen-bond acceptors (Lipinski definition) is 2. The molecule has 1 aromatic heterocycles. The topological polar surface area (TPSA) is 36.4 Å². The Kier molecular flexibility index (Phi) is 5.18. The van der Waals surface area contributed by atoms with Crippen molar-refractivity contribution >= 4 is 28.9 Å². The number of guanidine groups is 1. The molecule has 1 aliphatic rings. The van der Waals surface area contributed by atoms with Gasteiger partial charge in [-0.25, -0.2) is 4.39 Å². The minimum absolute atomic E-state index is 0.111. The molecule has 0 amide bonds. The highest BCUT2D eigenvalue weighted by Gasteiger charge is 2.41. The van der Waals surface area contributed by atoms with Gasteiger partial charge >= 0.3 is 0 Å². The lowest BCUT2D eigenvalue weighted by Gasteiger charge is -2.12. The second kappa shape index (κ2) is 7.32. The molecule has 1 heterocycles. The van der Waals surface area contributed by atoms with Gasteiger partial charge in [-0.1, -0.05) is 23.7 Å². The maximum Gasteiger partial charge on any atom is 0.191 e. The van der Waals surface area contributed by atoms with Gasteiger partial charge in [0.05, 0.1) is 0 Å². The SMILES string of the molecule is CN=C(NCCc1cccs1)NC1CC1c1c(F)cccc1Cl. The largest absolute Gasteiger partial charge is 0.356 e. The summed E-state index contributed by atoms with van der Waals surface area (Å²) in [5.41, 5.74) is 0.612. The minimum Gasteiger partial charge on any atom is -0.356 e. The summed E-state index contributed by atoms with van der Waals surface area (Å²) in [6.07, 6.45) is 1.83. The molecule has 1 aliphatic carbocycles. The van der Waals surface area contributed by atoms with Crippen LogP contribution in [0.15, 0.2) is 40.7 Å².